The Kier molecular flexibility index (Phi) is 7.90. The van der Waals surface area contributed by atoms with Gasteiger partial charge in [0.2, 0.25) is 0 Å². The molecule has 4 aromatic rings. The van der Waals surface area contributed by atoms with Gasteiger partial charge in [0.1, 0.15) is 5.82 Å². The van der Waals surface area contributed by atoms with Crippen LogP contribution < -0.4 is 11.1 Å². The van der Waals surface area contributed by atoms with Gasteiger partial charge in [-0.1, -0.05) is 19.1 Å². The number of hydrogen-bond acceptors (Lipinski definition) is 7. The number of benzene rings is 1. The van der Waals surface area contributed by atoms with Gasteiger partial charge < -0.3 is 11.1 Å². The molecule has 1 amide bonds. The zero-order chi connectivity index (χ0) is 27.1. The second kappa shape index (κ2) is 11.5. The van der Waals surface area contributed by atoms with Crippen molar-refractivity contribution in [3.63, 3.8) is 0 Å². The minimum Gasteiger partial charge on any atom is -0.384 e. The molecule has 1 aromatic carbocycles. The van der Waals surface area contributed by atoms with Crippen molar-refractivity contribution in [1.29, 1.82) is 0 Å². The molecular weight excluding hydrogens is 497 g/mol. The van der Waals surface area contributed by atoms with Gasteiger partial charge in [0.25, 0.3) is 5.91 Å². The standard InChI is InChI=1S/C26H23F3N8O/c1-2-5-22(30)32-13-11-17-6-3-7-18(14-17)25(38)33-23-9-10-24(35-34-23)37-21(26(27,28)29)15-20(36-37)19-8-4-12-31-16-19/h3-10,12-16H,2,11,30H2,1H3,(H,33,34,38)/b22-5-,32-13-. The van der Waals surface area contributed by atoms with Crippen LogP contribution in [-0.4, -0.2) is 37.1 Å². The van der Waals surface area contributed by atoms with E-state index in [1.165, 1.54) is 24.5 Å². The Bertz CT molecular complexity index is 1460. The van der Waals surface area contributed by atoms with Gasteiger partial charge in [0, 0.05) is 36.2 Å². The summed E-state index contributed by atoms with van der Waals surface area (Å²) in [7, 11) is 0. The molecule has 3 N–H and O–H groups in total. The van der Waals surface area contributed by atoms with Crippen LogP contribution in [0.5, 0.6) is 0 Å². The molecule has 0 unspecified atom stereocenters. The topological polar surface area (TPSA) is 124 Å². The molecule has 0 saturated carbocycles. The fourth-order valence-electron chi connectivity index (χ4n) is 3.46. The number of aliphatic imine (C=N–C) groups is 1. The molecule has 0 aliphatic rings. The van der Waals surface area contributed by atoms with Crippen LogP contribution in [-0.2, 0) is 12.6 Å². The second-order valence-corrected chi connectivity index (χ2v) is 8.05. The van der Waals surface area contributed by atoms with E-state index in [2.05, 4.69) is 30.6 Å². The number of aromatic nitrogens is 5. The maximum Gasteiger partial charge on any atom is 0.433 e. The fraction of sp³-hybridized carbons (Fsp3) is 0.154. The number of halogens is 3. The molecule has 0 fully saturated rings. The third-order valence-corrected chi connectivity index (χ3v) is 5.24. The van der Waals surface area contributed by atoms with Crippen LogP contribution in [0.25, 0.3) is 17.1 Å². The molecule has 12 heteroatoms. The fourth-order valence-corrected chi connectivity index (χ4v) is 3.46. The van der Waals surface area contributed by atoms with Crippen LogP contribution in [0.3, 0.4) is 0 Å². The molecule has 0 radical (unpaired) electrons. The lowest BCUT2D eigenvalue weighted by Gasteiger charge is -2.09. The van der Waals surface area contributed by atoms with Crippen molar-refractivity contribution in [3.05, 3.63) is 95.7 Å². The maximum absolute atomic E-state index is 13.7. The van der Waals surface area contributed by atoms with E-state index in [4.69, 9.17) is 5.73 Å². The van der Waals surface area contributed by atoms with E-state index in [1.807, 2.05) is 13.0 Å². The van der Waals surface area contributed by atoms with Gasteiger partial charge in [-0.3, -0.25) is 9.78 Å². The first-order valence-corrected chi connectivity index (χ1v) is 11.5. The number of amides is 1. The van der Waals surface area contributed by atoms with Gasteiger partial charge in [-0.15, -0.1) is 10.2 Å². The molecule has 0 aliphatic heterocycles. The number of pyridine rings is 1. The Morgan fingerprint density at radius 1 is 1.13 bits per heavy atom. The minimum atomic E-state index is -4.68. The van der Waals surface area contributed by atoms with Gasteiger partial charge in [-0.2, -0.15) is 18.3 Å². The number of allylic oxidation sites excluding steroid dienone is 1. The van der Waals surface area contributed by atoms with Crippen LogP contribution in [0.1, 0.15) is 35.0 Å². The van der Waals surface area contributed by atoms with Gasteiger partial charge in [0.05, 0.1) is 5.69 Å². The third-order valence-electron chi connectivity index (χ3n) is 5.24. The summed E-state index contributed by atoms with van der Waals surface area (Å²) >= 11 is 0. The molecule has 0 spiro atoms. The number of nitrogens with two attached hydrogens (primary N) is 1. The zero-order valence-corrected chi connectivity index (χ0v) is 20.2. The maximum atomic E-state index is 13.7. The molecule has 9 nitrogen and oxygen atoms in total. The second-order valence-electron chi connectivity index (χ2n) is 8.05. The molecule has 0 saturated heterocycles. The first-order chi connectivity index (χ1) is 18.2. The number of carbonyl (C=O) groups is 1. The summed E-state index contributed by atoms with van der Waals surface area (Å²) < 4.78 is 41.7. The number of nitrogens with one attached hydrogen (secondary N) is 1. The van der Waals surface area contributed by atoms with Crippen LogP contribution in [0, 0.1) is 0 Å². The molecule has 0 atom stereocenters. The monoisotopic (exact) mass is 520 g/mol. The number of nitrogens with zero attached hydrogens (tertiary/aromatic N) is 6. The lowest BCUT2D eigenvalue weighted by Crippen LogP contribution is -2.16. The number of anilines is 1. The first-order valence-electron chi connectivity index (χ1n) is 11.5. The number of carbonyl (C=O) groups excluding carboxylic acids is 1. The Balaban J connectivity index is 1.50. The van der Waals surface area contributed by atoms with Gasteiger partial charge in [-0.05, 0) is 60.5 Å². The Hall–Kier alpha value is -4.87. The molecule has 0 aliphatic carbocycles. The molecule has 3 aromatic heterocycles. The van der Waals surface area contributed by atoms with Crippen LogP contribution in [0.4, 0.5) is 19.0 Å². The molecular formula is C26H23F3N8O. The minimum absolute atomic E-state index is 0.0661. The summed E-state index contributed by atoms with van der Waals surface area (Å²) in [6.07, 6.45) is 2.95. The van der Waals surface area contributed by atoms with E-state index in [0.717, 1.165) is 18.1 Å². The molecule has 38 heavy (non-hydrogen) atoms. The lowest BCUT2D eigenvalue weighted by molar-refractivity contribution is -0.142. The lowest BCUT2D eigenvalue weighted by atomic mass is 10.1. The summed E-state index contributed by atoms with van der Waals surface area (Å²) in [5.41, 5.74) is 6.43. The largest absolute Gasteiger partial charge is 0.433 e. The van der Waals surface area contributed by atoms with Crippen molar-refractivity contribution in [3.8, 4) is 17.1 Å². The average Bonchev–Trinajstić information content (AvgIpc) is 3.36. The van der Waals surface area contributed by atoms with Crippen LogP contribution in [0.2, 0.25) is 0 Å². The first kappa shape index (κ1) is 26.2. The van der Waals surface area contributed by atoms with Crippen molar-refractivity contribution in [2.45, 2.75) is 25.9 Å². The van der Waals surface area contributed by atoms with E-state index in [0.29, 0.717) is 28.1 Å². The van der Waals surface area contributed by atoms with Gasteiger partial charge >= 0.3 is 6.18 Å². The van der Waals surface area contributed by atoms with Crippen LogP contribution in [0.15, 0.2) is 83.9 Å². The predicted molar refractivity (Wildman–Crippen MR) is 137 cm³/mol. The highest BCUT2D eigenvalue weighted by molar-refractivity contribution is 6.03. The molecule has 4 rings (SSSR count). The van der Waals surface area contributed by atoms with Crippen molar-refractivity contribution in [1.82, 2.24) is 25.0 Å². The quantitative estimate of drug-likeness (QED) is 0.321. The Morgan fingerprint density at radius 2 is 1.97 bits per heavy atom. The molecule has 3 heterocycles. The van der Waals surface area contributed by atoms with Crippen molar-refractivity contribution in [2.24, 2.45) is 10.7 Å². The summed E-state index contributed by atoms with van der Waals surface area (Å²) in [6, 6.07) is 13.7. The van der Waals surface area contributed by atoms with Crippen LogP contribution >= 0.6 is 0 Å². The average molecular weight is 521 g/mol. The van der Waals surface area contributed by atoms with E-state index in [-0.39, 0.29) is 17.3 Å². The Labute approximate surface area is 216 Å². The van der Waals surface area contributed by atoms with Crippen molar-refractivity contribution in [2.75, 3.05) is 5.32 Å². The van der Waals surface area contributed by atoms with E-state index in [1.54, 1.807) is 42.6 Å². The molecule has 0 bridgehead atoms. The van der Waals surface area contributed by atoms with Crippen molar-refractivity contribution >= 4 is 17.9 Å². The highest BCUT2D eigenvalue weighted by Gasteiger charge is 2.37. The number of hydrogen-bond donors (Lipinski definition) is 2. The summed E-state index contributed by atoms with van der Waals surface area (Å²) in [4.78, 5) is 20.8. The highest BCUT2D eigenvalue weighted by atomic mass is 19.4. The smallest absolute Gasteiger partial charge is 0.384 e. The molecule has 194 valence electrons. The summed E-state index contributed by atoms with van der Waals surface area (Å²) in [5.74, 6) is -0.126. The van der Waals surface area contributed by atoms with E-state index >= 15 is 0 Å². The number of rotatable bonds is 8. The van der Waals surface area contributed by atoms with E-state index < -0.39 is 17.8 Å². The van der Waals surface area contributed by atoms with Gasteiger partial charge in [-0.25, -0.2) is 9.67 Å². The Morgan fingerprint density at radius 3 is 2.66 bits per heavy atom. The number of alkyl halides is 3. The normalized spacial score (nSPS) is 12.2. The summed E-state index contributed by atoms with van der Waals surface area (Å²) in [5, 5.41) is 14.4. The highest BCUT2D eigenvalue weighted by Crippen LogP contribution is 2.33. The zero-order valence-electron chi connectivity index (χ0n) is 20.2. The van der Waals surface area contributed by atoms with Gasteiger partial charge in [0.15, 0.2) is 17.3 Å². The van der Waals surface area contributed by atoms with Crippen molar-refractivity contribution < 1.29 is 18.0 Å². The predicted octanol–water partition coefficient (Wildman–Crippen LogP) is 4.82. The third kappa shape index (κ3) is 6.46. The summed E-state index contributed by atoms with van der Waals surface area (Å²) in [6.45, 7) is 1.96. The SMILES string of the molecule is CC/C=C(N)\N=C/Cc1cccc(C(=O)Nc2ccc(-n3nc(-c4cccnc4)cc3C(F)(F)F)nn2)c1. The van der Waals surface area contributed by atoms with E-state index in [9.17, 15) is 18.0 Å².